The summed E-state index contributed by atoms with van der Waals surface area (Å²) >= 11 is 0. The fourth-order valence-electron chi connectivity index (χ4n) is 1.40. The van der Waals surface area contributed by atoms with Crippen molar-refractivity contribution in [3.05, 3.63) is 42.0 Å². The van der Waals surface area contributed by atoms with Gasteiger partial charge in [0.25, 0.3) is 0 Å². The molecule has 0 aliphatic heterocycles. The van der Waals surface area contributed by atoms with E-state index in [1.807, 2.05) is 37.4 Å². The highest BCUT2D eigenvalue weighted by Crippen LogP contribution is 2.09. The smallest absolute Gasteiger partial charge is 0.330 e. The van der Waals surface area contributed by atoms with E-state index in [1.54, 1.807) is 6.08 Å². The van der Waals surface area contributed by atoms with Gasteiger partial charge < -0.3 is 4.74 Å². The molecule has 1 aromatic rings. The molecule has 1 rings (SSSR count). The average molecular weight is 261 g/mol. The summed E-state index contributed by atoms with van der Waals surface area (Å²) in [5, 5.41) is 0. The number of rotatable bonds is 5. The summed E-state index contributed by atoms with van der Waals surface area (Å²) in [6.07, 6.45) is 3.22. The molecule has 0 aliphatic rings. The van der Waals surface area contributed by atoms with Crippen LogP contribution in [0.3, 0.4) is 0 Å². The lowest BCUT2D eigenvalue weighted by atomic mass is 10.1. The Morgan fingerprint density at radius 2 is 1.89 bits per heavy atom. The Morgan fingerprint density at radius 3 is 2.47 bits per heavy atom. The molecule has 0 spiro atoms. The van der Waals surface area contributed by atoms with Gasteiger partial charge in [-0.05, 0) is 39.5 Å². The average Bonchev–Trinajstić information content (AvgIpc) is 2.36. The van der Waals surface area contributed by atoms with Crippen molar-refractivity contribution >= 4 is 12.0 Å². The van der Waals surface area contributed by atoms with Crippen LogP contribution in [0.15, 0.2) is 36.4 Å². The van der Waals surface area contributed by atoms with Crippen LogP contribution in [-0.2, 0) is 9.53 Å². The topological polar surface area (TPSA) is 29.5 Å². The van der Waals surface area contributed by atoms with Gasteiger partial charge in [0, 0.05) is 18.2 Å². The largest absolute Gasteiger partial charge is 0.461 e. The molecule has 0 aliphatic carbocycles. The fourth-order valence-corrected chi connectivity index (χ4v) is 1.40. The van der Waals surface area contributed by atoms with E-state index in [2.05, 4.69) is 25.7 Å². The second-order valence-corrected chi connectivity index (χ2v) is 5.50. The number of likely N-dealkylation sites (N-methyl/N-ethyl adjacent to an activating group) is 1. The number of nitrogens with zero attached hydrogens (tertiary/aromatic N) is 1. The van der Waals surface area contributed by atoms with Crippen LogP contribution in [-0.4, -0.2) is 36.6 Å². The van der Waals surface area contributed by atoms with Gasteiger partial charge in [0.2, 0.25) is 0 Å². The minimum atomic E-state index is -0.300. The van der Waals surface area contributed by atoms with Crippen molar-refractivity contribution in [3.8, 4) is 0 Å². The van der Waals surface area contributed by atoms with E-state index in [-0.39, 0.29) is 11.5 Å². The second-order valence-electron chi connectivity index (χ2n) is 5.50. The fraction of sp³-hybridized carbons (Fsp3) is 0.438. The van der Waals surface area contributed by atoms with Crippen molar-refractivity contribution in [1.82, 2.24) is 4.90 Å². The maximum Gasteiger partial charge on any atom is 0.330 e. The SMILES string of the molecule is CN(CCOC(=O)/C=C/c1ccccc1)C(C)(C)C. The quantitative estimate of drug-likeness (QED) is 0.603. The molecule has 0 unspecified atom stereocenters. The van der Waals surface area contributed by atoms with Crippen LogP contribution >= 0.6 is 0 Å². The number of esters is 1. The molecule has 0 aromatic heterocycles. The van der Waals surface area contributed by atoms with Gasteiger partial charge >= 0.3 is 5.97 Å². The lowest BCUT2D eigenvalue weighted by Gasteiger charge is -2.31. The molecular formula is C16H23NO2. The normalized spacial score (nSPS) is 12.1. The first-order valence-corrected chi connectivity index (χ1v) is 6.51. The predicted molar refractivity (Wildman–Crippen MR) is 78.8 cm³/mol. The monoisotopic (exact) mass is 261 g/mol. The van der Waals surface area contributed by atoms with Crippen LogP contribution in [0.4, 0.5) is 0 Å². The third-order valence-electron chi connectivity index (χ3n) is 3.03. The molecule has 0 atom stereocenters. The van der Waals surface area contributed by atoms with Gasteiger partial charge in [-0.15, -0.1) is 0 Å². The first kappa shape index (κ1) is 15.4. The standard InChI is InChI=1S/C16H23NO2/c1-16(2,3)17(4)12-13-19-15(18)11-10-14-8-6-5-7-9-14/h5-11H,12-13H2,1-4H3/b11-10+. The van der Waals surface area contributed by atoms with Gasteiger partial charge in [0.1, 0.15) is 6.61 Å². The Hall–Kier alpha value is -1.61. The van der Waals surface area contributed by atoms with E-state index in [4.69, 9.17) is 4.74 Å². The number of hydrogen-bond donors (Lipinski definition) is 0. The molecule has 3 heteroatoms. The molecular weight excluding hydrogens is 238 g/mol. The molecule has 0 bridgehead atoms. The number of hydrogen-bond acceptors (Lipinski definition) is 3. The summed E-state index contributed by atoms with van der Waals surface area (Å²) in [4.78, 5) is 13.7. The van der Waals surface area contributed by atoms with Crippen molar-refractivity contribution in [2.24, 2.45) is 0 Å². The van der Waals surface area contributed by atoms with Crippen LogP contribution in [0.25, 0.3) is 6.08 Å². The van der Waals surface area contributed by atoms with Crippen LogP contribution in [0.1, 0.15) is 26.3 Å². The van der Waals surface area contributed by atoms with Crippen molar-refractivity contribution < 1.29 is 9.53 Å². The minimum Gasteiger partial charge on any atom is -0.461 e. The zero-order valence-electron chi connectivity index (χ0n) is 12.2. The van der Waals surface area contributed by atoms with Gasteiger partial charge in [0.05, 0.1) is 0 Å². The molecule has 19 heavy (non-hydrogen) atoms. The van der Waals surface area contributed by atoms with Crippen molar-refractivity contribution in [1.29, 1.82) is 0 Å². The highest BCUT2D eigenvalue weighted by atomic mass is 16.5. The first-order chi connectivity index (χ1) is 8.89. The Kier molecular flexibility index (Phi) is 5.77. The minimum absolute atomic E-state index is 0.0896. The zero-order valence-corrected chi connectivity index (χ0v) is 12.2. The third kappa shape index (κ3) is 6.20. The molecule has 0 fully saturated rings. The van der Waals surface area contributed by atoms with E-state index in [1.165, 1.54) is 6.08 Å². The third-order valence-corrected chi connectivity index (χ3v) is 3.03. The van der Waals surface area contributed by atoms with Crippen LogP contribution < -0.4 is 0 Å². The summed E-state index contributed by atoms with van der Waals surface area (Å²) in [6.45, 7) is 7.53. The predicted octanol–water partition coefficient (Wildman–Crippen LogP) is 2.97. The molecule has 0 radical (unpaired) electrons. The molecule has 0 amide bonds. The second kappa shape index (κ2) is 7.10. The molecule has 0 heterocycles. The van der Waals surface area contributed by atoms with E-state index in [9.17, 15) is 4.79 Å². The number of carbonyl (C=O) groups excluding carboxylic acids is 1. The molecule has 0 saturated heterocycles. The summed E-state index contributed by atoms with van der Waals surface area (Å²) < 4.78 is 5.16. The summed E-state index contributed by atoms with van der Waals surface area (Å²) in [5.41, 5.74) is 1.08. The Morgan fingerprint density at radius 1 is 1.26 bits per heavy atom. The molecule has 0 N–H and O–H groups in total. The van der Waals surface area contributed by atoms with Gasteiger partial charge in [-0.2, -0.15) is 0 Å². The summed E-state index contributed by atoms with van der Waals surface area (Å²) in [5.74, 6) is -0.300. The van der Waals surface area contributed by atoms with Gasteiger partial charge in [-0.1, -0.05) is 30.3 Å². The molecule has 3 nitrogen and oxygen atoms in total. The number of ether oxygens (including phenoxy) is 1. The number of carbonyl (C=O) groups is 1. The lowest BCUT2D eigenvalue weighted by molar-refractivity contribution is -0.138. The van der Waals surface area contributed by atoms with E-state index in [0.717, 1.165) is 12.1 Å². The summed E-state index contributed by atoms with van der Waals surface area (Å²) in [6, 6.07) is 9.69. The highest BCUT2D eigenvalue weighted by molar-refractivity contribution is 5.86. The van der Waals surface area contributed by atoms with Gasteiger partial charge in [-0.3, -0.25) is 4.90 Å². The van der Waals surface area contributed by atoms with Crippen LogP contribution in [0.5, 0.6) is 0 Å². The number of benzene rings is 1. The van der Waals surface area contributed by atoms with Crippen molar-refractivity contribution in [2.75, 3.05) is 20.2 Å². The Bertz CT molecular complexity index is 418. The van der Waals surface area contributed by atoms with E-state index < -0.39 is 0 Å². The van der Waals surface area contributed by atoms with Gasteiger partial charge in [-0.25, -0.2) is 4.79 Å². The van der Waals surface area contributed by atoms with Crippen LogP contribution in [0, 0.1) is 0 Å². The highest BCUT2D eigenvalue weighted by Gasteiger charge is 2.16. The van der Waals surface area contributed by atoms with Crippen molar-refractivity contribution in [3.63, 3.8) is 0 Å². The van der Waals surface area contributed by atoms with Crippen LogP contribution in [0.2, 0.25) is 0 Å². The Labute approximate surface area is 115 Å². The summed E-state index contributed by atoms with van der Waals surface area (Å²) in [7, 11) is 2.02. The zero-order chi connectivity index (χ0) is 14.3. The molecule has 0 saturated carbocycles. The van der Waals surface area contributed by atoms with Crippen molar-refractivity contribution in [2.45, 2.75) is 26.3 Å². The van der Waals surface area contributed by atoms with E-state index in [0.29, 0.717) is 6.61 Å². The maximum atomic E-state index is 11.5. The molecule has 104 valence electrons. The van der Waals surface area contributed by atoms with E-state index >= 15 is 0 Å². The maximum absolute atomic E-state index is 11.5. The Balaban J connectivity index is 2.31. The first-order valence-electron chi connectivity index (χ1n) is 6.51. The molecule has 1 aromatic carbocycles. The van der Waals surface area contributed by atoms with Gasteiger partial charge in [0.15, 0.2) is 0 Å². The lowest BCUT2D eigenvalue weighted by Crippen LogP contribution is -2.40.